The van der Waals surface area contributed by atoms with Crippen molar-refractivity contribution < 1.29 is 4.79 Å². The second-order valence-corrected chi connectivity index (χ2v) is 8.24. The zero-order chi connectivity index (χ0) is 19.7. The van der Waals surface area contributed by atoms with E-state index in [1.807, 2.05) is 55.5 Å². The summed E-state index contributed by atoms with van der Waals surface area (Å²) >= 11 is 2.75. The van der Waals surface area contributed by atoms with Crippen LogP contribution in [0.2, 0.25) is 0 Å². The number of hydrogen-bond donors (Lipinski definition) is 1. The Bertz CT molecular complexity index is 1150. The molecule has 0 unspecified atom stereocenters. The number of carbonyl (C=O) groups is 1. The Kier molecular flexibility index (Phi) is 5.05. The van der Waals surface area contributed by atoms with Crippen LogP contribution >= 0.6 is 23.1 Å². The van der Waals surface area contributed by atoms with E-state index in [0.29, 0.717) is 10.8 Å². The average Bonchev–Trinajstić information content (AvgIpc) is 3.29. The van der Waals surface area contributed by atoms with Crippen LogP contribution < -0.4 is 5.32 Å². The quantitative estimate of drug-likeness (QED) is 0.502. The molecular formula is C18H17N7OS2. The van der Waals surface area contributed by atoms with Crippen LogP contribution in [0.15, 0.2) is 35.5 Å². The summed E-state index contributed by atoms with van der Waals surface area (Å²) in [6.45, 7) is 5.85. The van der Waals surface area contributed by atoms with E-state index in [2.05, 4.69) is 30.7 Å². The van der Waals surface area contributed by atoms with Crippen molar-refractivity contribution in [1.29, 1.82) is 0 Å². The minimum absolute atomic E-state index is 0.263. The normalized spacial score (nSPS) is 11.1. The van der Waals surface area contributed by atoms with Gasteiger partial charge in [-0.1, -0.05) is 40.8 Å². The third-order valence-electron chi connectivity index (χ3n) is 3.95. The van der Waals surface area contributed by atoms with Crippen molar-refractivity contribution in [2.24, 2.45) is 0 Å². The van der Waals surface area contributed by atoms with Gasteiger partial charge in [0.25, 0.3) is 5.91 Å². The van der Waals surface area contributed by atoms with E-state index >= 15 is 0 Å². The van der Waals surface area contributed by atoms with E-state index in [4.69, 9.17) is 0 Å². The van der Waals surface area contributed by atoms with Gasteiger partial charge >= 0.3 is 0 Å². The number of nitrogens with one attached hydrogen (secondary N) is 1. The summed E-state index contributed by atoms with van der Waals surface area (Å²) in [6, 6.07) is 9.50. The molecular weight excluding hydrogens is 394 g/mol. The van der Waals surface area contributed by atoms with Crippen LogP contribution in [-0.4, -0.2) is 35.7 Å². The van der Waals surface area contributed by atoms with Gasteiger partial charge in [0, 0.05) is 17.4 Å². The van der Waals surface area contributed by atoms with Gasteiger partial charge in [0.15, 0.2) is 10.8 Å². The number of aromatic nitrogens is 6. The molecule has 1 aromatic carbocycles. The number of nitrogens with zero attached hydrogens (tertiary/aromatic N) is 6. The lowest BCUT2D eigenvalue weighted by Gasteiger charge is -2.03. The molecule has 10 heteroatoms. The van der Waals surface area contributed by atoms with Crippen molar-refractivity contribution in [3.63, 3.8) is 0 Å². The molecule has 28 heavy (non-hydrogen) atoms. The fraction of sp³-hybridized carbons (Fsp3) is 0.222. The maximum Gasteiger partial charge on any atom is 0.286 e. The van der Waals surface area contributed by atoms with Gasteiger partial charge in [-0.15, -0.1) is 20.4 Å². The summed E-state index contributed by atoms with van der Waals surface area (Å²) in [5, 5.41) is 21.2. The molecule has 1 amide bonds. The first kappa shape index (κ1) is 18.5. The van der Waals surface area contributed by atoms with Crippen LogP contribution in [0.4, 0.5) is 5.69 Å². The second-order valence-electron chi connectivity index (χ2n) is 6.23. The molecule has 0 aliphatic heterocycles. The minimum Gasteiger partial charge on any atom is -0.320 e. The van der Waals surface area contributed by atoms with Crippen molar-refractivity contribution in [3.8, 4) is 0 Å². The van der Waals surface area contributed by atoms with E-state index in [0.717, 1.165) is 38.6 Å². The topological polar surface area (TPSA) is 98.0 Å². The summed E-state index contributed by atoms with van der Waals surface area (Å²) < 4.78 is 1.91. The van der Waals surface area contributed by atoms with E-state index in [9.17, 15) is 4.79 Å². The number of benzene rings is 1. The lowest BCUT2D eigenvalue weighted by molar-refractivity contribution is 0.102. The van der Waals surface area contributed by atoms with Gasteiger partial charge in [-0.25, -0.2) is 4.98 Å². The van der Waals surface area contributed by atoms with Crippen LogP contribution in [0.25, 0.3) is 5.65 Å². The van der Waals surface area contributed by atoms with E-state index in [-0.39, 0.29) is 5.91 Å². The predicted octanol–water partition coefficient (Wildman–Crippen LogP) is 3.45. The van der Waals surface area contributed by atoms with Gasteiger partial charge in [-0.3, -0.25) is 9.20 Å². The summed E-state index contributed by atoms with van der Waals surface area (Å²) in [6.07, 6.45) is 0. The van der Waals surface area contributed by atoms with Crippen molar-refractivity contribution >= 4 is 40.3 Å². The average molecular weight is 412 g/mol. The Hall–Kier alpha value is -2.85. The number of rotatable bonds is 5. The summed E-state index contributed by atoms with van der Waals surface area (Å²) in [4.78, 5) is 16.8. The highest BCUT2D eigenvalue weighted by atomic mass is 32.2. The zero-order valence-electron chi connectivity index (χ0n) is 15.5. The molecule has 8 nitrogen and oxygen atoms in total. The molecule has 4 aromatic rings. The number of amides is 1. The highest BCUT2D eigenvalue weighted by Gasteiger charge is 2.15. The molecule has 1 N–H and O–H groups in total. The van der Waals surface area contributed by atoms with Gasteiger partial charge in [0.1, 0.15) is 10.8 Å². The largest absolute Gasteiger partial charge is 0.320 e. The maximum absolute atomic E-state index is 12.4. The van der Waals surface area contributed by atoms with Crippen LogP contribution in [0.1, 0.15) is 31.9 Å². The Balaban J connectivity index is 1.44. The third kappa shape index (κ3) is 3.87. The second kappa shape index (κ2) is 7.64. The SMILES string of the molecule is Cc1ccc(NC(=O)c2nnc(CSc3nnc4cc(C)nc(C)n34)s2)cc1. The smallest absolute Gasteiger partial charge is 0.286 e. The molecule has 0 aliphatic rings. The molecule has 3 aromatic heterocycles. The summed E-state index contributed by atoms with van der Waals surface area (Å²) in [7, 11) is 0. The van der Waals surface area contributed by atoms with Crippen LogP contribution in [0.5, 0.6) is 0 Å². The van der Waals surface area contributed by atoms with Crippen molar-refractivity contribution in [2.45, 2.75) is 31.7 Å². The van der Waals surface area contributed by atoms with E-state index < -0.39 is 0 Å². The maximum atomic E-state index is 12.4. The Morgan fingerprint density at radius 2 is 1.89 bits per heavy atom. The molecule has 0 spiro atoms. The molecule has 3 heterocycles. The first-order chi connectivity index (χ1) is 13.5. The standard InChI is InChI=1S/C18H17N7OS2/c1-10-4-6-13(7-5-10)20-16(26)17-23-22-15(28-17)9-27-18-24-21-14-8-11(2)19-12(3)25(14)18/h4-8H,9H2,1-3H3,(H,20,26). The molecule has 0 atom stereocenters. The summed E-state index contributed by atoms with van der Waals surface area (Å²) in [5.74, 6) is 1.11. The minimum atomic E-state index is -0.263. The van der Waals surface area contributed by atoms with E-state index in [1.165, 1.54) is 23.1 Å². The zero-order valence-corrected chi connectivity index (χ0v) is 17.1. The Labute approximate surface area is 169 Å². The summed E-state index contributed by atoms with van der Waals surface area (Å²) in [5.41, 5.74) is 3.54. The van der Waals surface area contributed by atoms with Crippen molar-refractivity contribution in [3.05, 3.63) is 57.4 Å². The molecule has 0 saturated heterocycles. The first-order valence-corrected chi connectivity index (χ1v) is 10.3. The van der Waals surface area contributed by atoms with Crippen molar-refractivity contribution in [2.75, 3.05) is 5.32 Å². The first-order valence-electron chi connectivity index (χ1n) is 8.52. The predicted molar refractivity (Wildman–Crippen MR) is 109 cm³/mol. The molecule has 0 aliphatic carbocycles. The molecule has 0 fully saturated rings. The Morgan fingerprint density at radius 1 is 1.11 bits per heavy atom. The van der Waals surface area contributed by atoms with Gasteiger partial charge in [-0.2, -0.15) is 0 Å². The fourth-order valence-electron chi connectivity index (χ4n) is 2.65. The van der Waals surface area contributed by atoms with Gasteiger partial charge < -0.3 is 5.32 Å². The number of hydrogen-bond acceptors (Lipinski definition) is 8. The van der Waals surface area contributed by atoms with Gasteiger partial charge in [0.2, 0.25) is 5.01 Å². The third-order valence-corrected chi connectivity index (χ3v) is 6.00. The molecule has 142 valence electrons. The molecule has 0 bridgehead atoms. The van der Waals surface area contributed by atoms with Crippen molar-refractivity contribution in [1.82, 2.24) is 29.8 Å². The lowest BCUT2D eigenvalue weighted by atomic mass is 10.2. The number of fused-ring (bicyclic) bond motifs is 1. The van der Waals surface area contributed by atoms with Crippen LogP contribution in [0, 0.1) is 20.8 Å². The van der Waals surface area contributed by atoms with E-state index in [1.54, 1.807) is 0 Å². The van der Waals surface area contributed by atoms with Crippen LogP contribution in [0.3, 0.4) is 0 Å². The van der Waals surface area contributed by atoms with Gasteiger partial charge in [0.05, 0.1) is 5.75 Å². The number of anilines is 1. The highest BCUT2D eigenvalue weighted by molar-refractivity contribution is 7.98. The number of aryl methyl sites for hydroxylation is 3. The lowest BCUT2D eigenvalue weighted by Crippen LogP contribution is -2.11. The number of carbonyl (C=O) groups excluding carboxylic acids is 1. The van der Waals surface area contributed by atoms with Gasteiger partial charge in [-0.05, 0) is 32.9 Å². The molecule has 4 rings (SSSR count). The highest BCUT2D eigenvalue weighted by Crippen LogP contribution is 2.24. The Morgan fingerprint density at radius 3 is 2.68 bits per heavy atom. The number of thioether (sulfide) groups is 1. The van der Waals surface area contributed by atoms with Crippen LogP contribution in [-0.2, 0) is 5.75 Å². The fourth-order valence-corrected chi connectivity index (χ4v) is 4.35. The monoisotopic (exact) mass is 411 g/mol. The molecule has 0 saturated carbocycles. The molecule has 0 radical (unpaired) electrons.